The van der Waals surface area contributed by atoms with Gasteiger partial charge in [0.15, 0.2) is 0 Å². The predicted octanol–water partition coefficient (Wildman–Crippen LogP) is 2.14. The Morgan fingerprint density at radius 2 is 2.00 bits per heavy atom. The van der Waals surface area contributed by atoms with E-state index in [0.29, 0.717) is 0 Å². The van der Waals surface area contributed by atoms with Crippen LogP contribution in [0.2, 0.25) is 0 Å². The Morgan fingerprint density at radius 1 is 1.21 bits per heavy atom. The molecule has 7 heteroatoms. The molecule has 1 atom stereocenters. The molecule has 0 saturated heterocycles. The van der Waals surface area contributed by atoms with Crippen LogP contribution in [0.3, 0.4) is 0 Å². The van der Waals surface area contributed by atoms with E-state index in [-0.39, 0.29) is 29.8 Å². The zero-order chi connectivity index (χ0) is 17.0. The number of fused-ring (bicyclic) bond motifs is 1. The van der Waals surface area contributed by atoms with Gasteiger partial charge in [-0.2, -0.15) is 0 Å². The molecule has 2 aromatic rings. The van der Waals surface area contributed by atoms with E-state index in [2.05, 4.69) is 10.0 Å². The van der Waals surface area contributed by atoms with Crippen molar-refractivity contribution in [2.24, 2.45) is 0 Å². The molecule has 6 nitrogen and oxygen atoms in total. The van der Waals surface area contributed by atoms with Crippen LogP contribution >= 0.6 is 0 Å². The van der Waals surface area contributed by atoms with Crippen LogP contribution in [-0.2, 0) is 21.2 Å². The van der Waals surface area contributed by atoms with Crippen LogP contribution in [0.25, 0.3) is 0 Å². The molecule has 0 bridgehead atoms. The Kier molecular flexibility index (Phi) is 5.01. The van der Waals surface area contributed by atoms with E-state index >= 15 is 0 Å². The minimum absolute atomic E-state index is 0.0502. The van der Waals surface area contributed by atoms with Gasteiger partial charge in [0.1, 0.15) is 5.76 Å². The molecular formula is C17H20N2O4S. The quantitative estimate of drug-likeness (QED) is 0.837. The average molecular weight is 348 g/mol. The van der Waals surface area contributed by atoms with Gasteiger partial charge in [-0.3, -0.25) is 4.79 Å². The highest BCUT2D eigenvalue weighted by Crippen LogP contribution is 2.30. The van der Waals surface area contributed by atoms with Crippen LogP contribution in [0.5, 0.6) is 0 Å². The second-order valence-corrected chi connectivity index (χ2v) is 7.54. The molecule has 0 aliphatic heterocycles. The van der Waals surface area contributed by atoms with Crippen molar-refractivity contribution >= 4 is 15.9 Å². The first-order chi connectivity index (χ1) is 11.6. The van der Waals surface area contributed by atoms with Crippen molar-refractivity contribution in [1.29, 1.82) is 0 Å². The maximum Gasteiger partial charge on any atom is 0.240 e. The van der Waals surface area contributed by atoms with Gasteiger partial charge >= 0.3 is 0 Å². The fraction of sp³-hybridized carbons (Fsp3) is 0.353. The van der Waals surface area contributed by atoms with Crippen LogP contribution in [0.1, 0.15) is 36.6 Å². The number of nitrogens with one attached hydrogen (secondary N) is 2. The maximum atomic E-state index is 12.1. The van der Waals surface area contributed by atoms with Crippen molar-refractivity contribution < 1.29 is 17.6 Å². The van der Waals surface area contributed by atoms with E-state index in [0.717, 1.165) is 30.6 Å². The first-order valence-electron chi connectivity index (χ1n) is 7.96. The smallest absolute Gasteiger partial charge is 0.240 e. The third-order valence-corrected chi connectivity index (χ3v) is 5.56. The summed E-state index contributed by atoms with van der Waals surface area (Å²) >= 11 is 0. The molecule has 1 aliphatic carbocycles. The summed E-state index contributed by atoms with van der Waals surface area (Å²) in [5.41, 5.74) is 1.03. The van der Waals surface area contributed by atoms with Crippen LogP contribution in [-0.4, -0.2) is 20.9 Å². The molecule has 1 amide bonds. The monoisotopic (exact) mass is 348 g/mol. The number of carbonyl (C=O) groups is 1. The Hall–Kier alpha value is -2.12. The molecule has 0 spiro atoms. The van der Waals surface area contributed by atoms with Crippen molar-refractivity contribution in [2.45, 2.75) is 36.6 Å². The molecule has 3 rings (SSSR count). The molecule has 128 valence electrons. The third kappa shape index (κ3) is 3.85. The van der Waals surface area contributed by atoms with Gasteiger partial charge in [0.05, 0.1) is 17.2 Å². The van der Waals surface area contributed by atoms with Gasteiger partial charge in [0.2, 0.25) is 15.9 Å². The predicted molar refractivity (Wildman–Crippen MR) is 88.8 cm³/mol. The van der Waals surface area contributed by atoms with Gasteiger partial charge in [-0.05, 0) is 31.0 Å². The number of carbonyl (C=O) groups excluding carboxylic acids is 1. The SMILES string of the molecule is O=C(CCNS(=O)(=O)c1ccccc1)NC1CCCc2occc21. The number of amides is 1. The van der Waals surface area contributed by atoms with E-state index < -0.39 is 10.0 Å². The summed E-state index contributed by atoms with van der Waals surface area (Å²) in [5.74, 6) is 0.751. The maximum absolute atomic E-state index is 12.1. The minimum atomic E-state index is -3.57. The van der Waals surface area contributed by atoms with Gasteiger partial charge in [0, 0.05) is 24.9 Å². The Balaban J connectivity index is 1.50. The summed E-state index contributed by atoms with van der Waals surface area (Å²) in [6.45, 7) is 0.0635. The normalized spacial score (nSPS) is 17.2. The number of hydrogen-bond acceptors (Lipinski definition) is 4. The standard InChI is InChI=1S/C17H20N2O4S/c20-17(19-15-7-4-8-16-14(15)10-12-23-16)9-11-18-24(21,22)13-5-2-1-3-6-13/h1-3,5-6,10,12,15,18H,4,7-9,11H2,(H,19,20). The van der Waals surface area contributed by atoms with E-state index in [1.54, 1.807) is 24.5 Å². The summed E-state index contributed by atoms with van der Waals surface area (Å²) in [6.07, 6.45) is 4.46. The van der Waals surface area contributed by atoms with Gasteiger partial charge in [-0.25, -0.2) is 13.1 Å². The topological polar surface area (TPSA) is 88.4 Å². The number of benzene rings is 1. The van der Waals surface area contributed by atoms with Gasteiger partial charge in [0.25, 0.3) is 0 Å². The van der Waals surface area contributed by atoms with Gasteiger partial charge < -0.3 is 9.73 Å². The molecule has 0 radical (unpaired) electrons. The fourth-order valence-corrected chi connectivity index (χ4v) is 3.94. The van der Waals surface area contributed by atoms with Crippen molar-refractivity contribution in [3.05, 3.63) is 54.0 Å². The molecule has 0 saturated carbocycles. The van der Waals surface area contributed by atoms with Gasteiger partial charge in [-0.15, -0.1) is 0 Å². The molecule has 0 fully saturated rings. The average Bonchev–Trinajstić information content (AvgIpc) is 3.05. The van der Waals surface area contributed by atoms with Crippen molar-refractivity contribution in [3.63, 3.8) is 0 Å². The summed E-state index contributed by atoms with van der Waals surface area (Å²) in [7, 11) is -3.57. The summed E-state index contributed by atoms with van der Waals surface area (Å²) < 4.78 is 32.0. The first-order valence-corrected chi connectivity index (χ1v) is 9.45. The largest absolute Gasteiger partial charge is 0.469 e. The highest BCUT2D eigenvalue weighted by molar-refractivity contribution is 7.89. The molecule has 24 heavy (non-hydrogen) atoms. The highest BCUT2D eigenvalue weighted by Gasteiger charge is 2.24. The zero-order valence-corrected chi connectivity index (χ0v) is 14.0. The molecule has 1 aromatic carbocycles. The lowest BCUT2D eigenvalue weighted by molar-refractivity contribution is -0.121. The van der Waals surface area contributed by atoms with Crippen molar-refractivity contribution in [1.82, 2.24) is 10.0 Å². The Labute approximate surface area is 141 Å². The summed E-state index contributed by atoms with van der Waals surface area (Å²) in [4.78, 5) is 12.3. The lowest BCUT2D eigenvalue weighted by Gasteiger charge is -2.22. The van der Waals surface area contributed by atoms with Crippen molar-refractivity contribution in [2.75, 3.05) is 6.54 Å². The molecule has 2 N–H and O–H groups in total. The summed E-state index contributed by atoms with van der Waals surface area (Å²) in [5, 5.41) is 2.95. The Bertz CT molecular complexity index is 799. The molecule has 1 aliphatic rings. The summed E-state index contributed by atoms with van der Waals surface area (Å²) in [6, 6.07) is 9.94. The van der Waals surface area contributed by atoms with E-state index in [1.165, 1.54) is 12.1 Å². The number of aryl methyl sites for hydroxylation is 1. The number of rotatable bonds is 6. The molecular weight excluding hydrogens is 328 g/mol. The van der Waals surface area contributed by atoms with Crippen LogP contribution in [0.15, 0.2) is 52.0 Å². The van der Waals surface area contributed by atoms with Crippen LogP contribution in [0.4, 0.5) is 0 Å². The lowest BCUT2D eigenvalue weighted by atomic mass is 9.93. The number of hydrogen-bond donors (Lipinski definition) is 2. The van der Waals surface area contributed by atoms with E-state index in [4.69, 9.17) is 4.42 Å². The second-order valence-electron chi connectivity index (χ2n) is 5.77. The third-order valence-electron chi connectivity index (χ3n) is 4.08. The van der Waals surface area contributed by atoms with Crippen LogP contribution in [0, 0.1) is 0 Å². The highest BCUT2D eigenvalue weighted by atomic mass is 32.2. The minimum Gasteiger partial charge on any atom is -0.469 e. The van der Waals surface area contributed by atoms with Crippen LogP contribution < -0.4 is 10.0 Å². The molecule has 1 aromatic heterocycles. The number of furan rings is 1. The van der Waals surface area contributed by atoms with Gasteiger partial charge in [-0.1, -0.05) is 18.2 Å². The zero-order valence-electron chi connectivity index (χ0n) is 13.2. The van der Waals surface area contributed by atoms with Crippen molar-refractivity contribution in [3.8, 4) is 0 Å². The second kappa shape index (κ2) is 7.19. The molecule has 1 heterocycles. The fourth-order valence-electron chi connectivity index (χ4n) is 2.88. The van der Waals surface area contributed by atoms with E-state index in [9.17, 15) is 13.2 Å². The molecule has 1 unspecified atom stereocenters. The van der Waals surface area contributed by atoms with E-state index in [1.807, 2.05) is 6.07 Å². The first kappa shape index (κ1) is 16.7. The lowest BCUT2D eigenvalue weighted by Crippen LogP contribution is -2.34. The Morgan fingerprint density at radius 3 is 2.79 bits per heavy atom. The number of sulfonamides is 1.